The number of carbonyl (C=O) groups is 2. The SMILES string of the molecule is Cc1ccc(CNC(=O)C[C@@H](NC(N)=O)c2cccc(Oc3ccccc3)c2)cc1. The minimum absolute atomic E-state index is 0.0591. The van der Waals surface area contributed by atoms with Crippen LogP contribution in [0.4, 0.5) is 4.79 Å². The Morgan fingerprint density at radius 3 is 2.33 bits per heavy atom. The molecule has 3 aromatic carbocycles. The van der Waals surface area contributed by atoms with Gasteiger partial charge in [-0.2, -0.15) is 0 Å². The summed E-state index contributed by atoms with van der Waals surface area (Å²) in [5, 5.41) is 5.53. The second kappa shape index (κ2) is 10.1. The van der Waals surface area contributed by atoms with Gasteiger partial charge in [0, 0.05) is 6.54 Å². The molecule has 1 atom stereocenters. The molecule has 3 rings (SSSR count). The van der Waals surface area contributed by atoms with Crippen molar-refractivity contribution in [1.29, 1.82) is 0 Å². The molecule has 0 aliphatic carbocycles. The summed E-state index contributed by atoms with van der Waals surface area (Å²) < 4.78 is 5.85. The molecule has 0 spiro atoms. The number of rotatable bonds is 8. The van der Waals surface area contributed by atoms with E-state index in [-0.39, 0.29) is 12.3 Å². The number of benzene rings is 3. The van der Waals surface area contributed by atoms with E-state index in [1.54, 1.807) is 6.07 Å². The van der Waals surface area contributed by atoms with Gasteiger partial charge in [0.15, 0.2) is 0 Å². The van der Waals surface area contributed by atoms with Gasteiger partial charge in [0.1, 0.15) is 11.5 Å². The van der Waals surface area contributed by atoms with Gasteiger partial charge >= 0.3 is 6.03 Å². The van der Waals surface area contributed by atoms with Crippen molar-refractivity contribution in [3.8, 4) is 11.5 Å². The summed E-state index contributed by atoms with van der Waals surface area (Å²) in [6.07, 6.45) is 0.0591. The Kier molecular flexibility index (Phi) is 7.05. The highest BCUT2D eigenvalue weighted by molar-refractivity contribution is 5.78. The fourth-order valence-corrected chi connectivity index (χ4v) is 3.01. The number of para-hydroxylation sites is 1. The van der Waals surface area contributed by atoms with Crippen LogP contribution in [0.5, 0.6) is 11.5 Å². The molecule has 154 valence electrons. The highest BCUT2D eigenvalue weighted by Gasteiger charge is 2.18. The number of amides is 3. The number of ether oxygens (including phenoxy) is 1. The van der Waals surface area contributed by atoms with Crippen LogP contribution in [-0.2, 0) is 11.3 Å². The maximum absolute atomic E-state index is 12.5. The molecule has 0 aliphatic rings. The van der Waals surface area contributed by atoms with Crippen molar-refractivity contribution < 1.29 is 14.3 Å². The van der Waals surface area contributed by atoms with Crippen LogP contribution in [0, 0.1) is 6.92 Å². The molecule has 0 bridgehead atoms. The van der Waals surface area contributed by atoms with Crippen molar-refractivity contribution in [2.75, 3.05) is 0 Å². The van der Waals surface area contributed by atoms with Crippen molar-refractivity contribution in [2.45, 2.75) is 25.9 Å². The second-order valence-corrected chi connectivity index (χ2v) is 7.02. The zero-order valence-corrected chi connectivity index (χ0v) is 16.8. The Hall–Kier alpha value is -3.80. The van der Waals surface area contributed by atoms with E-state index in [9.17, 15) is 9.59 Å². The Balaban J connectivity index is 1.67. The molecule has 0 radical (unpaired) electrons. The lowest BCUT2D eigenvalue weighted by atomic mass is 10.0. The minimum atomic E-state index is -0.694. The number of primary amides is 1. The Morgan fingerprint density at radius 2 is 1.63 bits per heavy atom. The molecule has 0 heterocycles. The number of nitrogens with two attached hydrogens (primary N) is 1. The van der Waals surface area contributed by atoms with E-state index in [0.717, 1.165) is 16.7 Å². The summed E-state index contributed by atoms with van der Waals surface area (Å²) in [5.74, 6) is 1.11. The number of hydrogen-bond acceptors (Lipinski definition) is 3. The zero-order valence-electron chi connectivity index (χ0n) is 16.8. The van der Waals surface area contributed by atoms with Gasteiger partial charge in [0.2, 0.25) is 5.91 Å². The summed E-state index contributed by atoms with van der Waals surface area (Å²) >= 11 is 0. The first kappa shape index (κ1) is 20.9. The molecule has 3 amide bonds. The van der Waals surface area contributed by atoms with Crippen LogP contribution in [-0.4, -0.2) is 11.9 Å². The van der Waals surface area contributed by atoms with Crippen LogP contribution in [0.25, 0.3) is 0 Å². The van der Waals surface area contributed by atoms with Crippen molar-refractivity contribution in [2.24, 2.45) is 5.73 Å². The minimum Gasteiger partial charge on any atom is -0.457 e. The van der Waals surface area contributed by atoms with E-state index < -0.39 is 12.1 Å². The van der Waals surface area contributed by atoms with Crippen LogP contribution < -0.4 is 21.1 Å². The average molecular weight is 403 g/mol. The first-order valence-electron chi connectivity index (χ1n) is 9.70. The molecule has 0 aromatic heterocycles. The van der Waals surface area contributed by atoms with Gasteiger partial charge in [0.25, 0.3) is 0 Å². The molecule has 0 saturated heterocycles. The van der Waals surface area contributed by atoms with E-state index in [4.69, 9.17) is 10.5 Å². The number of urea groups is 1. The third-order valence-corrected chi connectivity index (χ3v) is 4.56. The van der Waals surface area contributed by atoms with E-state index in [1.807, 2.05) is 79.7 Å². The van der Waals surface area contributed by atoms with E-state index in [0.29, 0.717) is 18.0 Å². The summed E-state index contributed by atoms with van der Waals surface area (Å²) in [5.41, 5.74) is 8.23. The number of carbonyl (C=O) groups excluding carboxylic acids is 2. The molecule has 0 fully saturated rings. The van der Waals surface area contributed by atoms with Crippen molar-refractivity contribution in [3.05, 3.63) is 95.6 Å². The third kappa shape index (κ3) is 6.38. The molecule has 4 N–H and O–H groups in total. The number of nitrogens with one attached hydrogen (secondary N) is 2. The third-order valence-electron chi connectivity index (χ3n) is 4.56. The zero-order chi connectivity index (χ0) is 21.3. The summed E-state index contributed by atoms with van der Waals surface area (Å²) in [6.45, 7) is 2.43. The van der Waals surface area contributed by atoms with Gasteiger partial charge in [-0.1, -0.05) is 60.2 Å². The smallest absolute Gasteiger partial charge is 0.312 e. The van der Waals surface area contributed by atoms with Gasteiger partial charge in [-0.25, -0.2) is 4.79 Å². The van der Waals surface area contributed by atoms with Crippen LogP contribution in [0.2, 0.25) is 0 Å². The molecule has 0 unspecified atom stereocenters. The molecular weight excluding hydrogens is 378 g/mol. The molecule has 3 aromatic rings. The quantitative estimate of drug-likeness (QED) is 0.526. The Morgan fingerprint density at radius 1 is 0.933 bits per heavy atom. The lowest BCUT2D eigenvalue weighted by Crippen LogP contribution is -2.36. The Labute approximate surface area is 176 Å². The standard InChI is InChI=1S/C24H25N3O3/c1-17-10-12-18(13-11-17)16-26-23(28)15-22(27-24(25)29)19-6-5-9-21(14-19)30-20-7-3-2-4-8-20/h2-14,22H,15-16H2,1H3,(H,26,28)(H3,25,27,29)/t22-/m1/s1. The molecule has 0 saturated carbocycles. The van der Waals surface area contributed by atoms with Crippen LogP contribution in [0.15, 0.2) is 78.9 Å². The summed E-state index contributed by atoms with van der Waals surface area (Å²) in [7, 11) is 0. The first-order chi connectivity index (χ1) is 14.5. The van der Waals surface area contributed by atoms with Crippen molar-refractivity contribution in [1.82, 2.24) is 10.6 Å². The fourth-order valence-electron chi connectivity index (χ4n) is 3.01. The lowest BCUT2D eigenvalue weighted by molar-refractivity contribution is -0.121. The first-order valence-corrected chi connectivity index (χ1v) is 9.70. The average Bonchev–Trinajstić information content (AvgIpc) is 2.73. The van der Waals surface area contributed by atoms with Crippen molar-refractivity contribution >= 4 is 11.9 Å². The Bertz CT molecular complexity index is 988. The van der Waals surface area contributed by atoms with Crippen LogP contribution in [0.1, 0.15) is 29.2 Å². The van der Waals surface area contributed by atoms with E-state index >= 15 is 0 Å². The summed E-state index contributed by atoms with van der Waals surface area (Å²) in [4.78, 5) is 24.0. The van der Waals surface area contributed by atoms with Gasteiger partial charge < -0.3 is 21.1 Å². The van der Waals surface area contributed by atoms with E-state index in [1.165, 1.54) is 0 Å². The molecule has 6 heteroatoms. The van der Waals surface area contributed by atoms with Crippen LogP contribution >= 0.6 is 0 Å². The monoisotopic (exact) mass is 403 g/mol. The number of hydrogen-bond donors (Lipinski definition) is 3. The normalized spacial score (nSPS) is 11.4. The summed E-state index contributed by atoms with van der Waals surface area (Å²) in [6, 6.07) is 23.3. The van der Waals surface area contributed by atoms with E-state index in [2.05, 4.69) is 10.6 Å². The maximum atomic E-state index is 12.5. The molecule has 0 aliphatic heterocycles. The molecule has 6 nitrogen and oxygen atoms in total. The molecular formula is C24H25N3O3. The van der Waals surface area contributed by atoms with Crippen molar-refractivity contribution in [3.63, 3.8) is 0 Å². The van der Waals surface area contributed by atoms with Gasteiger partial charge in [-0.15, -0.1) is 0 Å². The highest BCUT2D eigenvalue weighted by atomic mass is 16.5. The maximum Gasteiger partial charge on any atom is 0.312 e. The predicted molar refractivity (Wildman–Crippen MR) is 116 cm³/mol. The largest absolute Gasteiger partial charge is 0.457 e. The van der Waals surface area contributed by atoms with Crippen LogP contribution in [0.3, 0.4) is 0 Å². The predicted octanol–water partition coefficient (Wildman–Crippen LogP) is 4.20. The van der Waals surface area contributed by atoms with Gasteiger partial charge in [0.05, 0.1) is 12.5 Å². The molecule has 30 heavy (non-hydrogen) atoms. The number of aryl methyl sites for hydroxylation is 1. The topological polar surface area (TPSA) is 93.5 Å². The highest BCUT2D eigenvalue weighted by Crippen LogP contribution is 2.26. The second-order valence-electron chi connectivity index (χ2n) is 7.02. The van der Waals surface area contributed by atoms with Gasteiger partial charge in [-0.3, -0.25) is 4.79 Å². The van der Waals surface area contributed by atoms with Gasteiger partial charge in [-0.05, 0) is 42.3 Å². The lowest BCUT2D eigenvalue weighted by Gasteiger charge is -2.19. The fraction of sp³-hybridized carbons (Fsp3) is 0.167.